The first-order chi connectivity index (χ1) is 14.6. The highest BCUT2D eigenvalue weighted by Crippen LogP contribution is 2.40. The average molecular weight is 443 g/mol. The van der Waals surface area contributed by atoms with E-state index in [1.54, 1.807) is 23.5 Å². The van der Waals surface area contributed by atoms with Crippen molar-refractivity contribution in [1.82, 2.24) is 9.97 Å². The van der Waals surface area contributed by atoms with Crippen LogP contribution in [0.25, 0.3) is 21.6 Å². The topological polar surface area (TPSA) is 64.2 Å². The Morgan fingerprint density at radius 3 is 2.80 bits per heavy atom. The van der Waals surface area contributed by atoms with Crippen molar-refractivity contribution >= 4 is 33.2 Å². The third-order valence-electron chi connectivity index (χ3n) is 5.21. The van der Waals surface area contributed by atoms with Crippen LogP contribution < -0.4 is 15.0 Å². The molecule has 0 saturated heterocycles. The second kappa shape index (κ2) is 9.11. The summed E-state index contributed by atoms with van der Waals surface area (Å²) in [5, 5.41) is 1.10. The quantitative estimate of drug-likeness (QED) is 0.539. The molecule has 3 aromatic rings. The Labute approximate surface area is 184 Å². The number of H-pyrrole nitrogens is 1. The van der Waals surface area contributed by atoms with Gasteiger partial charge in [0.1, 0.15) is 17.3 Å². The molecule has 1 aliphatic carbocycles. The number of aryl methyl sites for hydroxylation is 2. The molecular formula is C23H23ClN2O3S. The van der Waals surface area contributed by atoms with Crippen LogP contribution in [0.15, 0.2) is 16.9 Å². The number of hydrogen-bond acceptors (Lipinski definition) is 5. The summed E-state index contributed by atoms with van der Waals surface area (Å²) in [5.74, 6) is 3.75. The van der Waals surface area contributed by atoms with E-state index in [9.17, 15) is 4.79 Å². The summed E-state index contributed by atoms with van der Waals surface area (Å²) in [6.07, 6.45) is 12.0. The summed E-state index contributed by atoms with van der Waals surface area (Å²) in [4.78, 5) is 22.8. The maximum absolute atomic E-state index is 13.0. The maximum atomic E-state index is 13.0. The molecular weight excluding hydrogens is 420 g/mol. The van der Waals surface area contributed by atoms with E-state index in [1.807, 2.05) is 6.92 Å². The summed E-state index contributed by atoms with van der Waals surface area (Å²) in [6, 6.07) is 3.48. The van der Waals surface area contributed by atoms with E-state index < -0.39 is 0 Å². The van der Waals surface area contributed by atoms with Crippen molar-refractivity contribution in [3.05, 3.63) is 37.9 Å². The van der Waals surface area contributed by atoms with Gasteiger partial charge in [-0.05, 0) is 50.3 Å². The van der Waals surface area contributed by atoms with Gasteiger partial charge in [-0.25, -0.2) is 4.98 Å². The predicted octanol–water partition coefficient (Wildman–Crippen LogP) is 5.37. The molecule has 0 aliphatic heterocycles. The molecule has 0 radical (unpaired) electrons. The number of nitrogens with one attached hydrogen (secondary N) is 1. The van der Waals surface area contributed by atoms with Crippen LogP contribution in [0.4, 0.5) is 0 Å². The monoisotopic (exact) mass is 442 g/mol. The number of hydrogen-bond donors (Lipinski definition) is 1. The van der Waals surface area contributed by atoms with Crippen molar-refractivity contribution in [1.29, 1.82) is 0 Å². The van der Waals surface area contributed by atoms with Crippen molar-refractivity contribution in [2.75, 3.05) is 13.2 Å². The average Bonchev–Trinajstić information content (AvgIpc) is 3.04. The van der Waals surface area contributed by atoms with Crippen LogP contribution >= 0.6 is 22.9 Å². The first-order valence-electron chi connectivity index (χ1n) is 10.2. The standard InChI is InChI=1S/C23H23ClN2O3S/c1-3-11-29-20-16(24)12-14(13-17(20)28-4-2)21-25-22(27)19-15-9-7-5-6-8-10-18(15)30-23(19)26-21/h1,12-13H,4-11H2,2H3,(H,25,26,27). The summed E-state index contributed by atoms with van der Waals surface area (Å²) >= 11 is 8.08. The lowest BCUT2D eigenvalue weighted by Gasteiger charge is -2.14. The number of nitrogens with zero attached hydrogens (tertiary/aromatic N) is 1. The van der Waals surface area contributed by atoms with Crippen molar-refractivity contribution in [2.24, 2.45) is 0 Å². The molecule has 1 aliphatic rings. The van der Waals surface area contributed by atoms with E-state index in [2.05, 4.69) is 10.9 Å². The van der Waals surface area contributed by atoms with Gasteiger partial charge in [0, 0.05) is 10.4 Å². The van der Waals surface area contributed by atoms with E-state index in [-0.39, 0.29) is 12.2 Å². The summed E-state index contributed by atoms with van der Waals surface area (Å²) < 4.78 is 11.2. The Balaban J connectivity index is 1.81. The lowest BCUT2D eigenvalue weighted by molar-refractivity contribution is 0.299. The summed E-state index contributed by atoms with van der Waals surface area (Å²) in [5.41, 5.74) is 1.74. The van der Waals surface area contributed by atoms with Crippen molar-refractivity contribution in [3.8, 4) is 35.2 Å². The third-order valence-corrected chi connectivity index (χ3v) is 6.67. The normalized spacial score (nSPS) is 13.9. The summed E-state index contributed by atoms with van der Waals surface area (Å²) in [6.45, 7) is 2.40. The van der Waals surface area contributed by atoms with Gasteiger partial charge in [-0.2, -0.15) is 0 Å². The number of benzene rings is 1. The zero-order valence-corrected chi connectivity index (χ0v) is 18.4. The molecule has 156 valence electrons. The SMILES string of the molecule is C#CCOc1c(Cl)cc(-c2nc3sc4c(c3c(=O)[nH]2)CCCCCC4)cc1OCC. The Kier molecular flexibility index (Phi) is 6.31. The minimum absolute atomic E-state index is 0.0843. The molecule has 1 aromatic carbocycles. The number of aromatic amines is 1. The molecule has 7 heteroatoms. The number of rotatable bonds is 5. The van der Waals surface area contributed by atoms with Gasteiger partial charge in [0.15, 0.2) is 11.5 Å². The molecule has 0 saturated carbocycles. The van der Waals surface area contributed by atoms with Crippen molar-refractivity contribution < 1.29 is 9.47 Å². The minimum Gasteiger partial charge on any atom is -0.490 e. The van der Waals surface area contributed by atoms with Gasteiger partial charge in [-0.1, -0.05) is 30.4 Å². The third kappa shape index (κ3) is 4.05. The molecule has 0 amide bonds. The van der Waals surface area contributed by atoms with Gasteiger partial charge in [0.2, 0.25) is 0 Å². The Morgan fingerprint density at radius 1 is 1.23 bits per heavy atom. The van der Waals surface area contributed by atoms with Crippen LogP contribution in [0.5, 0.6) is 11.5 Å². The number of terminal acetylenes is 1. The highest BCUT2D eigenvalue weighted by atomic mass is 35.5. The van der Waals surface area contributed by atoms with E-state index in [1.165, 1.54) is 23.3 Å². The highest BCUT2D eigenvalue weighted by molar-refractivity contribution is 7.18. The fourth-order valence-corrected chi connectivity index (χ4v) is 5.40. The summed E-state index contributed by atoms with van der Waals surface area (Å²) in [7, 11) is 0. The molecule has 30 heavy (non-hydrogen) atoms. The van der Waals surface area contributed by atoms with Gasteiger partial charge in [0.25, 0.3) is 5.56 Å². The number of fused-ring (bicyclic) bond motifs is 3. The lowest BCUT2D eigenvalue weighted by Crippen LogP contribution is -2.11. The molecule has 0 fully saturated rings. The first-order valence-corrected chi connectivity index (χ1v) is 11.4. The predicted molar refractivity (Wildman–Crippen MR) is 122 cm³/mol. The second-order valence-electron chi connectivity index (χ2n) is 7.22. The molecule has 5 nitrogen and oxygen atoms in total. The smallest absolute Gasteiger partial charge is 0.260 e. The highest BCUT2D eigenvalue weighted by Gasteiger charge is 2.20. The van der Waals surface area contributed by atoms with Crippen molar-refractivity contribution in [2.45, 2.75) is 45.4 Å². The van der Waals surface area contributed by atoms with Crippen LogP contribution in [0.1, 0.15) is 43.0 Å². The largest absolute Gasteiger partial charge is 0.490 e. The number of aromatic nitrogens is 2. The van der Waals surface area contributed by atoms with Crippen LogP contribution in [0.2, 0.25) is 5.02 Å². The molecule has 0 unspecified atom stereocenters. The van der Waals surface area contributed by atoms with Gasteiger partial charge in [-0.15, -0.1) is 17.8 Å². The minimum atomic E-state index is -0.102. The molecule has 4 rings (SSSR count). The van der Waals surface area contributed by atoms with Gasteiger partial charge >= 0.3 is 0 Å². The zero-order chi connectivity index (χ0) is 21.1. The van der Waals surface area contributed by atoms with Crippen molar-refractivity contribution in [3.63, 3.8) is 0 Å². The van der Waals surface area contributed by atoms with Gasteiger partial charge in [0.05, 0.1) is 17.0 Å². The number of halogens is 1. The Morgan fingerprint density at radius 2 is 2.03 bits per heavy atom. The Bertz CT molecular complexity index is 1180. The molecule has 2 aromatic heterocycles. The van der Waals surface area contributed by atoms with E-state index in [0.29, 0.717) is 34.5 Å². The molecule has 0 atom stereocenters. The molecule has 2 heterocycles. The molecule has 0 bridgehead atoms. The Hall–Kier alpha value is -2.49. The van der Waals surface area contributed by atoms with Crippen LogP contribution in [-0.4, -0.2) is 23.2 Å². The fraction of sp³-hybridized carbons (Fsp3) is 0.391. The maximum Gasteiger partial charge on any atom is 0.260 e. The zero-order valence-electron chi connectivity index (χ0n) is 16.8. The number of thiophene rings is 1. The second-order valence-corrected chi connectivity index (χ2v) is 8.71. The van der Waals surface area contributed by atoms with Crippen LogP contribution in [-0.2, 0) is 12.8 Å². The van der Waals surface area contributed by atoms with Crippen LogP contribution in [0, 0.1) is 12.3 Å². The fourth-order valence-electron chi connectivity index (χ4n) is 3.88. The van der Waals surface area contributed by atoms with Gasteiger partial charge in [-0.3, -0.25) is 4.79 Å². The van der Waals surface area contributed by atoms with Crippen LogP contribution in [0.3, 0.4) is 0 Å². The van der Waals surface area contributed by atoms with E-state index in [0.717, 1.165) is 35.9 Å². The van der Waals surface area contributed by atoms with E-state index >= 15 is 0 Å². The number of ether oxygens (including phenoxy) is 2. The molecule has 0 spiro atoms. The lowest BCUT2D eigenvalue weighted by atomic mass is 9.98. The van der Waals surface area contributed by atoms with Gasteiger partial charge < -0.3 is 14.5 Å². The first kappa shape index (κ1) is 20.8. The van der Waals surface area contributed by atoms with E-state index in [4.69, 9.17) is 32.5 Å². The molecule has 1 N–H and O–H groups in total.